The summed E-state index contributed by atoms with van der Waals surface area (Å²) in [4.78, 5) is 24.8. The van der Waals surface area contributed by atoms with Crippen molar-refractivity contribution < 1.29 is 9.53 Å². The van der Waals surface area contributed by atoms with Crippen molar-refractivity contribution in [3.63, 3.8) is 0 Å². The van der Waals surface area contributed by atoms with Crippen LogP contribution in [0.3, 0.4) is 0 Å². The number of fused-ring (bicyclic) bond motifs is 1. The molecule has 0 spiro atoms. The second-order valence-electron chi connectivity index (χ2n) is 8.74. The number of aromatic nitrogens is 1. The van der Waals surface area contributed by atoms with Gasteiger partial charge >= 0.3 is 0 Å². The van der Waals surface area contributed by atoms with Gasteiger partial charge in [-0.25, -0.2) is 4.98 Å². The molecule has 3 heterocycles. The van der Waals surface area contributed by atoms with Crippen LogP contribution in [-0.4, -0.2) is 62.2 Å². The van der Waals surface area contributed by atoms with Gasteiger partial charge in [0.2, 0.25) is 5.91 Å². The highest BCUT2D eigenvalue weighted by Gasteiger charge is 2.31. The molecule has 0 aliphatic carbocycles. The number of nitrogens with zero attached hydrogens (tertiary/aromatic N) is 4. The number of piperazine rings is 1. The number of hydrogen-bond donors (Lipinski definition) is 0. The Labute approximate surface area is 193 Å². The van der Waals surface area contributed by atoms with E-state index in [0.717, 1.165) is 68.5 Å². The predicted octanol–water partition coefficient (Wildman–Crippen LogP) is 4.18. The average Bonchev–Trinajstić information content (AvgIpc) is 3.27. The SMILES string of the molecule is COc1ccc(N2CCN(C(=O)C3CCN(c4nc5ccc(C)cc5s4)CC3)CC2)cc1. The van der Waals surface area contributed by atoms with Crippen LogP contribution in [-0.2, 0) is 4.79 Å². The monoisotopic (exact) mass is 450 g/mol. The minimum Gasteiger partial charge on any atom is -0.497 e. The summed E-state index contributed by atoms with van der Waals surface area (Å²) >= 11 is 1.76. The number of hydrogen-bond acceptors (Lipinski definition) is 6. The van der Waals surface area contributed by atoms with E-state index in [-0.39, 0.29) is 5.92 Å². The lowest BCUT2D eigenvalue weighted by atomic mass is 9.95. The molecule has 3 aromatic rings. The second-order valence-corrected chi connectivity index (χ2v) is 9.75. The van der Waals surface area contributed by atoms with Crippen molar-refractivity contribution in [2.75, 3.05) is 56.2 Å². The zero-order valence-corrected chi connectivity index (χ0v) is 19.6. The number of thiazole rings is 1. The lowest BCUT2D eigenvalue weighted by Crippen LogP contribution is -2.51. The Morgan fingerprint density at radius 1 is 0.969 bits per heavy atom. The van der Waals surface area contributed by atoms with Gasteiger partial charge in [-0.1, -0.05) is 17.4 Å². The molecule has 0 atom stereocenters. The van der Waals surface area contributed by atoms with Crippen molar-refractivity contribution in [2.24, 2.45) is 5.92 Å². The summed E-state index contributed by atoms with van der Waals surface area (Å²) in [6.07, 6.45) is 1.82. The van der Waals surface area contributed by atoms with Gasteiger partial charge in [0.15, 0.2) is 5.13 Å². The van der Waals surface area contributed by atoms with Gasteiger partial charge in [0.25, 0.3) is 0 Å². The first kappa shape index (κ1) is 21.1. The number of anilines is 2. The van der Waals surface area contributed by atoms with E-state index in [1.54, 1.807) is 18.4 Å². The van der Waals surface area contributed by atoms with Crippen LogP contribution in [0.4, 0.5) is 10.8 Å². The van der Waals surface area contributed by atoms with Gasteiger partial charge in [-0.05, 0) is 61.7 Å². The fourth-order valence-electron chi connectivity index (χ4n) is 4.71. The van der Waals surface area contributed by atoms with E-state index in [4.69, 9.17) is 9.72 Å². The van der Waals surface area contributed by atoms with Crippen molar-refractivity contribution >= 4 is 38.3 Å². The zero-order chi connectivity index (χ0) is 22.1. The maximum Gasteiger partial charge on any atom is 0.225 e. The smallest absolute Gasteiger partial charge is 0.225 e. The van der Waals surface area contributed by atoms with Crippen molar-refractivity contribution in [2.45, 2.75) is 19.8 Å². The molecule has 2 aliphatic heterocycles. The summed E-state index contributed by atoms with van der Waals surface area (Å²) in [5, 5.41) is 1.09. The summed E-state index contributed by atoms with van der Waals surface area (Å²) in [6.45, 7) is 7.27. The number of benzene rings is 2. The lowest BCUT2D eigenvalue weighted by Gasteiger charge is -2.39. The van der Waals surface area contributed by atoms with Crippen LogP contribution in [0.5, 0.6) is 5.75 Å². The van der Waals surface area contributed by atoms with Crippen molar-refractivity contribution in [1.82, 2.24) is 9.88 Å². The zero-order valence-electron chi connectivity index (χ0n) is 18.8. The Hall–Kier alpha value is -2.80. The number of piperidine rings is 1. The summed E-state index contributed by atoms with van der Waals surface area (Å²) in [7, 11) is 1.68. The maximum atomic E-state index is 13.2. The van der Waals surface area contributed by atoms with Gasteiger partial charge in [-0.2, -0.15) is 0 Å². The highest BCUT2D eigenvalue weighted by atomic mass is 32.1. The van der Waals surface area contributed by atoms with E-state index >= 15 is 0 Å². The molecule has 0 unspecified atom stereocenters. The number of amides is 1. The first-order valence-corrected chi connectivity index (χ1v) is 12.2. The molecule has 0 N–H and O–H groups in total. The molecule has 0 bridgehead atoms. The Kier molecular flexibility index (Phi) is 5.91. The summed E-state index contributed by atoms with van der Waals surface area (Å²) < 4.78 is 6.49. The summed E-state index contributed by atoms with van der Waals surface area (Å²) in [6, 6.07) is 14.6. The van der Waals surface area contributed by atoms with E-state index < -0.39 is 0 Å². The van der Waals surface area contributed by atoms with Crippen LogP contribution in [0.25, 0.3) is 10.2 Å². The first-order valence-electron chi connectivity index (χ1n) is 11.4. The number of carbonyl (C=O) groups is 1. The molecular formula is C25H30N4O2S. The van der Waals surface area contributed by atoms with Gasteiger partial charge in [0, 0.05) is 50.9 Å². The van der Waals surface area contributed by atoms with E-state index in [1.807, 2.05) is 12.1 Å². The highest BCUT2D eigenvalue weighted by molar-refractivity contribution is 7.22. The van der Waals surface area contributed by atoms with Crippen LogP contribution in [0.2, 0.25) is 0 Å². The van der Waals surface area contributed by atoms with Gasteiger partial charge in [0.1, 0.15) is 5.75 Å². The molecule has 6 nitrogen and oxygen atoms in total. The van der Waals surface area contributed by atoms with E-state index in [2.05, 4.69) is 52.0 Å². The summed E-state index contributed by atoms with van der Waals surface area (Å²) in [5.41, 5.74) is 3.53. The number of methoxy groups -OCH3 is 1. The van der Waals surface area contributed by atoms with Gasteiger partial charge in [0.05, 0.1) is 17.3 Å². The number of carbonyl (C=O) groups excluding carboxylic acids is 1. The largest absolute Gasteiger partial charge is 0.497 e. The number of aryl methyl sites for hydroxylation is 1. The second kappa shape index (κ2) is 8.98. The lowest BCUT2D eigenvalue weighted by molar-refractivity contribution is -0.136. The molecule has 7 heteroatoms. The Bertz CT molecular complexity index is 1080. The van der Waals surface area contributed by atoms with E-state index in [0.29, 0.717) is 5.91 Å². The molecule has 5 rings (SSSR count). The molecule has 32 heavy (non-hydrogen) atoms. The standard InChI is InChI=1S/C25H30N4O2S/c1-18-3-8-22-23(17-18)32-25(26-22)29-11-9-19(10-12-29)24(30)28-15-13-27(14-16-28)20-4-6-21(31-2)7-5-20/h3-8,17,19H,9-16H2,1-2H3. The Morgan fingerprint density at radius 2 is 1.69 bits per heavy atom. The molecule has 1 amide bonds. The number of rotatable bonds is 4. The molecule has 2 fully saturated rings. The van der Waals surface area contributed by atoms with E-state index in [9.17, 15) is 4.79 Å². The Morgan fingerprint density at radius 3 is 2.38 bits per heavy atom. The van der Waals surface area contributed by atoms with Crippen molar-refractivity contribution in [1.29, 1.82) is 0 Å². The third-order valence-corrected chi connectivity index (χ3v) is 7.76. The molecule has 1 aromatic heterocycles. The van der Waals surface area contributed by atoms with Gasteiger partial charge in [-0.3, -0.25) is 4.79 Å². The Balaban J connectivity index is 1.14. The fraction of sp³-hybridized carbons (Fsp3) is 0.440. The molecule has 2 aliphatic rings. The van der Waals surface area contributed by atoms with Crippen LogP contribution in [0.15, 0.2) is 42.5 Å². The quantitative estimate of drug-likeness (QED) is 0.597. The fourth-order valence-corrected chi connectivity index (χ4v) is 5.82. The van der Waals surface area contributed by atoms with Gasteiger partial charge in [-0.15, -0.1) is 0 Å². The minimum atomic E-state index is 0.135. The van der Waals surface area contributed by atoms with Crippen molar-refractivity contribution in [3.8, 4) is 5.75 Å². The third-order valence-electron chi connectivity index (χ3n) is 6.68. The van der Waals surface area contributed by atoms with Crippen molar-refractivity contribution in [3.05, 3.63) is 48.0 Å². The molecule has 0 radical (unpaired) electrons. The van der Waals surface area contributed by atoms with Gasteiger partial charge < -0.3 is 19.4 Å². The first-order chi connectivity index (χ1) is 15.6. The van der Waals surface area contributed by atoms with Crippen LogP contribution in [0, 0.1) is 12.8 Å². The van der Waals surface area contributed by atoms with Crippen LogP contribution >= 0.6 is 11.3 Å². The number of ether oxygens (including phenoxy) is 1. The predicted molar refractivity (Wildman–Crippen MR) is 131 cm³/mol. The normalized spacial score (nSPS) is 17.8. The maximum absolute atomic E-state index is 13.2. The molecule has 168 valence electrons. The third kappa shape index (κ3) is 4.26. The van der Waals surface area contributed by atoms with Crippen LogP contribution in [0.1, 0.15) is 18.4 Å². The minimum absolute atomic E-state index is 0.135. The molecule has 2 aromatic carbocycles. The average molecular weight is 451 g/mol. The van der Waals surface area contributed by atoms with Crippen LogP contribution < -0.4 is 14.5 Å². The summed E-state index contributed by atoms with van der Waals surface area (Å²) in [5.74, 6) is 1.34. The molecular weight excluding hydrogens is 420 g/mol. The highest BCUT2D eigenvalue weighted by Crippen LogP contribution is 2.32. The molecule has 0 saturated carbocycles. The van der Waals surface area contributed by atoms with E-state index in [1.165, 1.54) is 16.0 Å². The molecule has 2 saturated heterocycles. The topological polar surface area (TPSA) is 48.9 Å².